The summed E-state index contributed by atoms with van der Waals surface area (Å²) in [6.45, 7) is 4.09. The second-order valence-electron chi connectivity index (χ2n) is 5.29. The Morgan fingerprint density at radius 2 is 2.00 bits per heavy atom. The molecule has 3 atom stereocenters. The number of ether oxygens (including phenoxy) is 1. The summed E-state index contributed by atoms with van der Waals surface area (Å²) in [6, 6.07) is 6.77. The van der Waals surface area contributed by atoms with E-state index in [1.807, 2.05) is 26.0 Å². The van der Waals surface area contributed by atoms with Gasteiger partial charge in [0.1, 0.15) is 6.10 Å². The Labute approximate surface area is 137 Å². The summed E-state index contributed by atoms with van der Waals surface area (Å²) < 4.78 is 5.47. The van der Waals surface area contributed by atoms with Crippen molar-refractivity contribution in [3.05, 3.63) is 34.9 Å². The molecule has 0 saturated carbocycles. The van der Waals surface area contributed by atoms with Crippen molar-refractivity contribution < 1.29 is 14.6 Å². The Morgan fingerprint density at radius 1 is 1.36 bits per heavy atom. The molecule has 3 N–H and O–H groups in total. The van der Waals surface area contributed by atoms with E-state index >= 15 is 0 Å². The molecule has 124 valence electrons. The van der Waals surface area contributed by atoms with Crippen molar-refractivity contribution in [2.75, 3.05) is 13.7 Å². The fourth-order valence-electron chi connectivity index (χ4n) is 2.26. The summed E-state index contributed by atoms with van der Waals surface area (Å²) in [7, 11) is 1.60. The van der Waals surface area contributed by atoms with Crippen LogP contribution < -0.4 is 10.6 Å². The lowest BCUT2D eigenvalue weighted by atomic mass is 10.0. The first kappa shape index (κ1) is 18.7. The number of rotatable bonds is 8. The molecule has 5 nitrogen and oxygen atoms in total. The zero-order chi connectivity index (χ0) is 16.5. The maximum Gasteiger partial charge on any atom is 0.315 e. The predicted molar refractivity (Wildman–Crippen MR) is 88.1 cm³/mol. The summed E-state index contributed by atoms with van der Waals surface area (Å²) in [4.78, 5) is 11.9. The van der Waals surface area contributed by atoms with E-state index in [9.17, 15) is 9.90 Å². The first-order valence-electron chi connectivity index (χ1n) is 7.48. The second-order valence-corrected chi connectivity index (χ2v) is 5.73. The van der Waals surface area contributed by atoms with E-state index in [1.54, 1.807) is 19.2 Å². The quantitative estimate of drug-likeness (QED) is 0.687. The highest BCUT2D eigenvalue weighted by molar-refractivity contribution is 6.30. The molecule has 1 aromatic carbocycles. The molecule has 0 aliphatic carbocycles. The molecule has 0 saturated heterocycles. The normalized spacial score (nSPS) is 15.0. The van der Waals surface area contributed by atoms with Crippen LogP contribution in [-0.4, -0.2) is 36.9 Å². The highest BCUT2D eigenvalue weighted by Crippen LogP contribution is 2.22. The van der Waals surface area contributed by atoms with Gasteiger partial charge in [-0.05, 0) is 31.0 Å². The number of carbonyl (C=O) groups is 1. The largest absolute Gasteiger partial charge is 0.391 e. The fourth-order valence-corrected chi connectivity index (χ4v) is 2.39. The molecule has 0 bridgehead atoms. The van der Waals surface area contributed by atoms with Crippen molar-refractivity contribution in [3.63, 3.8) is 0 Å². The first-order chi connectivity index (χ1) is 10.5. The number of hydrogen-bond acceptors (Lipinski definition) is 3. The van der Waals surface area contributed by atoms with Crippen molar-refractivity contribution in [2.45, 2.75) is 44.9 Å². The van der Waals surface area contributed by atoms with Crippen LogP contribution in [0.3, 0.4) is 0 Å². The van der Waals surface area contributed by atoms with E-state index in [4.69, 9.17) is 16.3 Å². The third-order valence-electron chi connectivity index (χ3n) is 3.39. The highest BCUT2D eigenvalue weighted by Gasteiger charge is 2.20. The van der Waals surface area contributed by atoms with Gasteiger partial charge in [-0.15, -0.1) is 0 Å². The van der Waals surface area contributed by atoms with E-state index in [1.165, 1.54) is 0 Å². The minimum Gasteiger partial charge on any atom is -0.391 e. The van der Waals surface area contributed by atoms with Crippen LogP contribution in [0.4, 0.5) is 4.79 Å². The number of aliphatic hydroxyl groups excluding tert-OH is 1. The number of carbonyl (C=O) groups excluding carboxylic acids is 1. The number of nitrogens with one attached hydrogen (secondary N) is 2. The summed E-state index contributed by atoms with van der Waals surface area (Å²) in [5.74, 6) is 0. The average Bonchev–Trinajstić information content (AvgIpc) is 2.48. The number of amides is 2. The van der Waals surface area contributed by atoms with Crippen LogP contribution in [0.15, 0.2) is 24.3 Å². The van der Waals surface area contributed by atoms with Crippen molar-refractivity contribution in [3.8, 4) is 0 Å². The topological polar surface area (TPSA) is 70.6 Å². The van der Waals surface area contributed by atoms with E-state index in [2.05, 4.69) is 10.6 Å². The van der Waals surface area contributed by atoms with Crippen LogP contribution in [0.2, 0.25) is 5.02 Å². The Hall–Kier alpha value is -1.30. The minimum atomic E-state index is -0.513. The molecule has 0 fully saturated rings. The van der Waals surface area contributed by atoms with Gasteiger partial charge in [0.15, 0.2) is 0 Å². The first-order valence-corrected chi connectivity index (χ1v) is 7.86. The molecule has 0 aromatic heterocycles. The molecule has 1 rings (SSSR count). The Kier molecular flexibility index (Phi) is 8.24. The standard InChI is InChI=1S/C16H25ClN2O3/c1-4-5-14(20)10-18-16(21)19-11(2)15(22-3)12-6-8-13(17)9-7-12/h6-9,11,14-15,20H,4-5,10H2,1-3H3,(H2,18,19,21). The minimum absolute atomic E-state index is 0.227. The molecule has 1 aromatic rings. The van der Waals surface area contributed by atoms with Crippen LogP contribution >= 0.6 is 11.6 Å². The molecule has 0 heterocycles. The van der Waals surface area contributed by atoms with Gasteiger partial charge in [0.05, 0.1) is 12.1 Å². The third-order valence-corrected chi connectivity index (χ3v) is 3.64. The number of urea groups is 1. The van der Waals surface area contributed by atoms with Crippen LogP contribution in [0, 0.1) is 0 Å². The van der Waals surface area contributed by atoms with Gasteiger partial charge in [-0.25, -0.2) is 4.79 Å². The van der Waals surface area contributed by atoms with Gasteiger partial charge in [-0.1, -0.05) is 37.1 Å². The zero-order valence-corrected chi connectivity index (χ0v) is 14.1. The van der Waals surface area contributed by atoms with Crippen LogP contribution in [-0.2, 0) is 4.74 Å². The molecule has 0 spiro atoms. The van der Waals surface area contributed by atoms with Crippen molar-refractivity contribution in [1.29, 1.82) is 0 Å². The van der Waals surface area contributed by atoms with Gasteiger partial charge in [0.25, 0.3) is 0 Å². The number of benzene rings is 1. The molecular formula is C16H25ClN2O3. The summed E-state index contributed by atoms with van der Waals surface area (Å²) >= 11 is 5.88. The fraction of sp³-hybridized carbons (Fsp3) is 0.562. The molecule has 22 heavy (non-hydrogen) atoms. The Bertz CT molecular complexity index is 453. The lowest BCUT2D eigenvalue weighted by Gasteiger charge is -2.24. The second kappa shape index (κ2) is 9.66. The monoisotopic (exact) mass is 328 g/mol. The zero-order valence-electron chi connectivity index (χ0n) is 13.3. The maximum absolute atomic E-state index is 11.9. The number of hydrogen-bond donors (Lipinski definition) is 3. The molecule has 0 radical (unpaired) electrons. The lowest BCUT2D eigenvalue weighted by molar-refractivity contribution is 0.0758. The summed E-state index contributed by atoms with van der Waals surface area (Å²) in [6.07, 6.45) is 0.758. The third kappa shape index (κ3) is 6.22. The highest BCUT2D eigenvalue weighted by atomic mass is 35.5. The van der Waals surface area contributed by atoms with E-state index in [-0.39, 0.29) is 24.7 Å². The van der Waals surface area contributed by atoms with Gasteiger partial charge in [-0.3, -0.25) is 0 Å². The smallest absolute Gasteiger partial charge is 0.315 e. The van der Waals surface area contributed by atoms with Crippen LogP contribution in [0.5, 0.6) is 0 Å². The molecule has 0 aliphatic heterocycles. The van der Waals surface area contributed by atoms with E-state index in [0.29, 0.717) is 11.4 Å². The number of aliphatic hydroxyl groups is 1. The number of halogens is 1. The molecule has 3 unspecified atom stereocenters. The summed E-state index contributed by atoms with van der Waals surface area (Å²) in [5.41, 5.74) is 0.936. The van der Waals surface area contributed by atoms with Crippen molar-refractivity contribution in [1.82, 2.24) is 10.6 Å². The van der Waals surface area contributed by atoms with E-state index < -0.39 is 6.10 Å². The summed E-state index contributed by atoms with van der Waals surface area (Å²) in [5, 5.41) is 15.7. The lowest BCUT2D eigenvalue weighted by Crippen LogP contribution is -2.45. The van der Waals surface area contributed by atoms with Crippen LogP contribution in [0.25, 0.3) is 0 Å². The predicted octanol–water partition coefficient (Wildman–Crippen LogP) is 2.88. The molecule has 6 heteroatoms. The SMILES string of the molecule is CCCC(O)CNC(=O)NC(C)C(OC)c1ccc(Cl)cc1. The van der Waals surface area contributed by atoms with E-state index in [0.717, 1.165) is 12.0 Å². The Balaban J connectivity index is 2.52. The Morgan fingerprint density at radius 3 is 2.55 bits per heavy atom. The van der Waals surface area contributed by atoms with Crippen molar-refractivity contribution >= 4 is 17.6 Å². The maximum atomic E-state index is 11.9. The average molecular weight is 329 g/mol. The number of methoxy groups -OCH3 is 1. The molecule has 0 aliphatic rings. The van der Waals surface area contributed by atoms with Gasteiger partial charge in [-0.2, -0.15) is 0 Å². The van der Waals surface area contributed by atoms with Gasteiger partial charge in [0, 0.05) is 18.7 Å². The van der Waals surface area contributed by atoms with Gasteiger partial charge < -0.3 is 20.5 Å². The van der Waals surface area contributed by atoms with Gasteiger partial charge in [0.2, 0.25) is 0 Å². The molecule has 2 amide bonds. The van der Waals surface area contributed by atoms with Crippen LogP contribution in [0.1, 0.15) is 38.4 Å². The van der Waals surface area contributed by atoms with Gasteiger partial charge >= 0.3 is 6.03 Å². The van der Waals surface area contributed by atoms with Crippen molar-refractivity contribution in [2.24, 2.45) is 0 Å². The molecular weight excluding hydrogens is 304 g/mol.